The minimum atomic E-state index is -0.329. The van der Waals surface area contributed by atoms with E-state index in [9.17, 15) is 9.18 Å². The zero-order chi connectivity index (χ0) is 25.2. The maximum atomic E-state index is 14.2. The summed E-state index contributed by atoms with van der Waals surface area (Å²) < 4.78 is 15.6. The summed E-state index contributed by atoms with van der Waals surface area (Å²) in [5, 5.41) is 7.09. The van der Waals surface area contributed by atoms with Gasteiger partial charge in [0.25, 0.3) is 0 Å². The SMILES string of the molecule is CC[C@H]1CN(c2ncc(-n3cn[nH]c3=O)cc2Cl)CCN1C1CCN(Cc2ccc(Cl)cc2F)CC1. The molecule has 5 rings (SSSR count). The molecule has 192 valence electrons. The molecular formula is C25H30Cl2FN7O. The van der Waals surface area contributed by atoms with Crippen LogP contribution >= 0.6 is 23.2 Å². The Morgan fingerprint density at radius 3 is 2.61 bits per heavy atom. The van der Waals surface area contributed by atoms with Crippen LogP contribution in [0, 0.1) is 5.82 Å². The Bertz CT molecular complexity index is 1260. The minimum absolute atomic E-state index is 0.232. The zero-order valence-corrected chi connectivity index (χ0v) is 21.7. The number of halogens is 3. The zero-order valence-electron chi connectivity index (χ0n) is 20.2. The fourth-order valence-corrected chi connectivity index (χ4v) is 5.86. The lowest BCUT2D eigenvalue weighted by atomic mass is 9.97. The maximum absolute atomic E-state index is 14.2. The lowest BCUT2D eigenvalue weighted by Crippen LogP contribution is -2.58. The van der Waals surface area contributed by atoms with Crippen molar-refractivity contribution in [3.63, 3.8) is 0 Å². The van der Waals surface area contributed by atoms with E-state index in [1.54, 1.807) is 24.4 Å². The summed E-state index contributed by atoms with van der Waals surface area (Å²) in [4.78, 5) is 23.7. The van der Waals surface area contributed by atoms with E-state index in [2.05, 4.69) is 36.8 Å². The van der Waals surface area contributed by atoms with Crippen LogP contribution in [0.1, 0.15) is 31.7 Å². The molecule has 1 aromatic carbocycles. The summed E-state index contributed by atoms with van der Waals surface area (Å²) in [5.41, 5.74) is 0.953. The molecular weight excluding hydrogens is 504 g/mol. The molecule has 0 aliphatic carbocycles. The van der Waals surface area contributed by atoms with Crippen LogP contribution in [-0.4, -0.2) is 74.4 Å². The van der Waals surface area contributed by atoms with Crippen molar-refractivity contribution in [1.82, 2.24) is 29.5 Å². The summed E-state index contributed by atoms with van der Waals surface area (Å²) >= 11 is 12.5. The van der Waals surface area contributed by atoms with Gasteiger partial charge in [-0.25, -0.2) is 23.8 Å². The molecule has 0 radical (unpaired) electrons. The van der Waals surface area contributed by atoms with Crippen molar-refractivity contribution < 1.29 is 4.39 Å². The Morgan fingerprint density at radius 1 is 1.14 bits per heavy atom. The number of benzene rings is 1. The largest absolute Gasteiger partial charge is 0.353 e. The lowest BCUT2D eigenvalue weighted by molar-refractivity contribution is 0.0607. The van der Waals surface area contributed by atoms with E-state index in [0.29, 0.717) is 39.9 Å². The van der Waals surface area contributed by atoms with Crippen molar-refractivity contribution in [2.45, 2.75) is 44.8 Å². The number of pyridine rings is 1. The molecule has 3 aromatic rings. The van der Waals surface area contributed by atoms with Crippen molar-refractivity contribution in [2.24, 2.45) is 0 Å². The third kappa shape index (κ3) is 5.29. The summed E-state index contributed by atoms with van der Waals surface area (Å²) in [7, 11) is 0. The number of H-pyrrole nitrogens is 1. The van der Waals surface area contributed by atoms with E-state index >= 15 is 0 Å². The fourth-order valence-electron chi connectivity index (χ4n) is 5.42. The van der Waals surface area contributed by atoms with Gasteiger partial charge in [-0.05, 0) is 50.6 Å². The molecule has 0 saturated carbocycles. The quantitative estimate of drug-likeness (QED) is 0.516. The van der Waals surface area contributed by atoms with Gasteiger partial charge in [-0.3, -0.25) is 9.80 Å². The molecule has 0 amide bonds. The molecule has 36 heavy (non-hydrogen) atoms. The smallest absolute Gasteiger partial charge is 0.347 e. The van der Waals surface area contributed by atoms with Gasteiger partial charge in [0.15, 0.2) is 0 Å². The summed E-state index contributed by atoms with van der Waals surface area (Å²) in [6.45, 7) is 7.37. The molecule has 4 heterocycles. The topological polar surface area (TPSA) is 73.3 Å². The van der Waals surface area contributed by atoms with E-state index in [4.69, 9.17) is 23.2 Å². The van der Waals surface area contributed by atoms with Crippen LogP contribution in [0.2, 0.25) is 10.0 Å². The van der Waals surface area contributed by atoms with Gasteiger partial charge in [0.05, 0.1) is 16.9 Å². The highest BCUT2D eigenvalue weighted by Crippen LogP contribution is 2.30. The molecule has 2 aliphatic rings. The first kappa shape index (κ1) is 25.2. The monoisotopic (exact) mass is 533 g/mol. The van der Waals surface area contributed by atoms with Gasteiger partial charge in [0.2, 0.25) is 0 Å². The number of piperazine rings is 1. The number of nitrogens with zero attached hydrogens (tertiary/aromatic N) is 6. The number of hydrogen-bond acceptors (Lipinski definition) is 6. The van der Waals surface area contributed by atoms with Crippen molar-refractivity contribution in [3.05, 3.63) is 68.7 Å². The highest BCUT2D eigenvalue weighted by Gasteiger charge is 2.34. The van der Waals surface area contributed by atoms with Gasteiger partial charge < -0.3 is 4.90 Å². The maximum Gasteiger partial charge on any atom is 0.347 e. The van der Waals surface area contributed by atoms with Crippen LogP contribution < -0.4 is 10.6 Å². The van der Waals surface area contributed by atoms with Crippen molar-refractivity contribution in [2.75, 3.05) is 37.6 Å². The van der Waals surface area contributed by atoms with Crippen LogP contribution in [-0.2, 0) is 6.54 Å². The normalized spacial score (nSPS) is 20.2. The van der Waals surface area contributed by atoms with E-state index < -0.39 is 0 Å². The molecule has 0 unspecified atom stereocenters. The number of likely N-dealkylation sites (tertiary alicyclic amines) is 1. The first-order chi connectivity index (χ1) is 17.4. The molecule has 2 aromatic heterocycles. The Hall–Kier alpha value is -2.46. The van der Waals surface area contributed by atoms with Gasteiger partial charge in [-0.15, -0.1) is 0 Å². The van der Waals surface area contributed by atoms with Gasteiger partial charge in [0.1, 0.15) is 18.0 Å². The summed E-state index contributed by atoms with van der Waals surface area (Å²) in [6.07, 6.45) is 6.24. The average molecular weight is 534 g/mol. The van der Waals surface area contributed by atoms with E-state index in [-0.39, 0.29) is 11.5 Å². The molecule has 1 atom stereocenters. The minimum Gasteiger partial charge on any atom is -0.353 e. The fraction of sp³-hybridized carbons (Fsp3) is 0.480. The lowest BCUT2D eigenvalue weighted by Gasteiger charge is -2.47. The molecule has 11 heteroatoms. The van der Waals surface area contributed by atoms with E-state index in [1.165, 1.54) is 17.0 Å². The van der Waals surface area contributed by atoms with Crippen LogP contribution in [0.25, 0.3) is 5.69 Å². The number of nitrogens with one attached hydrogen (secondary N) is 1. The van der Waals surface area contributed by atoms with Crippen molar-refractivity contribution in [3.8, 4) is 5.69 Å². The molecule has 0 spiro atoms. The molecule has 2 saturated heterocycles. The highest BCUT2D eigenvalue weighted by atomic mass is 35.5. The Balaban J connectivity index is 1.20. The number of piperidine rings is 1. The van der Waals surface area contributed by atoms with Gasteiger partial charge in [-0.2, -0.15) is 5.10 Å². The van der Waals surface area contributed by atoms with E-state index in [1.807, 2.05) is 0 Å². The highest BCUT2D eigenvalue weighted by molar-refractivity contribution is 6.33. The van der Waals surface area contributed by atoms with Gasteiger partial charge in [-0.1, -0.05) is 36.2 Å². The number of aromatic nitrogens is 4. The van der Waals surface area contributed by atoms with Crippen LogP contribution in [0.15, 0.2) is 41.6 Å². The standard InChI is InChI=1S/C25H30Cl2FN7O/c1-2-19-15-33(24-22(27)12-21(13-29-24)35-16-30-31-25(35)36)9-10-34(19)20-5-7-32(8-6-20)14-17-3-4-18(26)11-23(17)28/h3-4,11-13,16,19-20H,2,5-10,14-15H2,1H3,(H,31,36)/t19-/m0/s1. The predicted octanol–water partition coefficient (Wildman–Crippen LogP) is 3.97. The number of rotatable bonds is 6. The first-order valence-corrected chi connectivity index (χ1v) is 13.1. The third-order valence-electron chi connectivity index (χ3n) is 7.37. The van der Waals surface area contributed by atoms with Crippen LogP contribution in [0.5, 0.6) is 0 Å². The van der Waals surface area contributed by atoms with E-state index in [0.717, 1.165) is 57.8 Å². The molecule has 2 fully saturated rings. The summed E-state index contributed by atoms with van der Waals surface area (Å²) in [6, 6.07) is 7.61. The second kappa shape index (κ2) is 10.9. The first-order valence-electron chi connectivity index (χ1n) is 12.4. The Labute approximate surface area is 219 Å². The molecule has 1 N–H and O–H groups in total. The number of aromatic amines is 1. The van der Waals surface area contributed by atoms with Gasteiger partial charge >= 0.3 is 5.69 Å². The van der Waals surface area contributed by atoms with Crippen LogP contribution in [0.4, 0.5) is 10.2 Å². The average Bonchev–Trinajstić information content (AvgIpc) is 3.31. The predicted molar refractivity (Wildman–Crippen MR) is 140 cm³/mol. The second-order valence-electron chi connectivity index (χ2n) is 9.52. The Morgan fingerprint density at radius 2 is 1.94 bits per heavy atom. The Kier molecular flexibility index (Phi) is 7.62. The van der Waals surface area contributed by atoms with Gasteiger partial charge in [0, 0.05) is 48.8 Å². The third-order valence-corrected chi connectivity index (χ3v) is 7.89. The van der Waals surface area contributed by atoms with Crippen molar-refractivity contribution >= 4 is 29.0 Å². The molecule has 8 nitrogen and oxygen atoms in total. The van der Waals surface area contributed by atoms with Crippen LogP contribution in [0.3, 0.4) is 0 Å². The molecule has 0 bridgehead atoms. The number of anilines is 1. The summed E-state index contributed by atoms with van der Waals surface area (Å²) in [5.74, 6) is 0.513. The second-order valence-corrected chi connectivity index (χ2v) is 10.4. The molecule has 2 aliphatic heterocycles. The van der Waals surface area contributed by atoms with Crippen molar-refractivity contribution in [1.29, 1.82) is 0 Å². The number of hydrogen-bond donors (Lipinski definition) is 1.